The maximum absolute atomic E-state index is 11.7. The first-order valence-electron chi connectivity index (χ1n) is 8.55. The summed E-state index contributed by atoms with van der Waals surface area (Å²) in [6.45, 7) is 0. The fourth-order valence-corrected chi connectivity index (χ4v) is 2.89. The number of hydrogen-bond acceptors (Lipinski definition) is 4. The molecule has 4 heteroatoms. The Hall–Kier alpha value is -3.66. The summed E-state index contributed by atoms with van der Waals surface area (Å²) in [5.41, 5.74) is 2.34. The smallest absolute Gasteiger partial charge is 0.337 e. The Kier molecular flexibility index (Phi) is 4.54. The van der Waals surface area contributed by atoms with E-state index in [0.29, 0.717) is 11.4 Å². The minimum absolute atomic E-state index is 0.339. The fourth-order valence-electron chi connectivity index (χ4n) is 2.89. The number of carbonyl (C=O) groups is 1. The van der Waals surface area contributed by atoms with Crippen molar-refractivity contribution in [1.29, 1.82) is 0 Å². The number of methoxy groups -OCH3 is 1. The molecule has 0 aliphatic heterocycles. The van der Waals surface area contributed by atoms with Gasteiger partial charge in [-0.05, 0) is 47.2 Å². The molecular formula is C23H17NO3. The van der Waals surface area contributed by atoms with Gasteiger partial charge in [0.15, 0.2) is 0 Å². The first-order chi connectivity index (χ1) is 13.2. The number of aromatic nitrogens is 1. The van der Waals surface area contributed by atoms with Crippen molar-refractivity contribution in [1.82, 2.24) is 4.98 Å². The highest BCUT2D eigenvalue weighted by Crippen LogP contribution is 2.27. The second kappa shape index (κ2) is 7.30. The minimum Gasteiger partial charge on any atom is -0.465 e. The van der Waals surface area contributed by atoms with Gasteiger partial charge in [0.05, 0.1) is 18.4 Å². The molecule has 27 heavy (non-hydrogen) atoms. The van der Waals surface area contributed by atoms with Gasteiger partial charge in [-0.15, -0.1) is 0 Å². The van der Waals surface area contributed by atoms with Crippen LogP contribution in [0.3, 0.4) is 0 Å². The number of esters is 1. The zero-order chi connectivity index (χ0) is 18.6. The van der Waals surface area contributed by atoms with E-state index in [1.54, 1.807) is 6.07 Å². The van der Waals surface area contributed by atoms with Crippen LogP contribution in [-0.2, 0) is 4.74 Å². The van der Waals surface area contributed by atoms with E-state index >= 15 is 0 Å². The van der Waals surface area contributed by atoms with E-state index in [9.17, 15) is 4.79 Å². The molecule has 0 spiro atoms. The fraction of sp³-hybridized carbons (Fsp3) is 0.0435. The van der Waals surface area contributed by atoms with Crippen LogP contribution in [0, 0.1) is 0 Å². The van der Waals surface area contributed by atoms with Gasteiger partial charge in [-0.3, -0.25) is 0 Å². The molecule has 0 amide bonds. The molecule has 0 unspecified atom stereocenters. The first-order valence-corrected chi connectivity index (χ1v) is 8.55. The van der Waals surface area contributed by atoms with Crippen molar-refractivity contribution < 1.29 is 14.3 Å². The number of fused-ring (bicyclic) bond motifs is 1. The molecule has 4 rings (SSSR count). The molecule has 4 nitrogen and oxygen atoms in total. The zero-order valence-corrected chi connectivity index (χ0v) is 14.8. The molecule has 0 bridgehead atoms. The molecule has 0 saturated carbocycles. The molecule has 0 fully saturated rings. The summed E-state index contributed by atoms with van der Waals surface area (Å²) < 4.78 is 10.6. The van der Waals surface area contributed by atoms with E-state index in [1.807, 2.05) is 78.9 Å². The lowest BCUT2D eigenvalue weighted by Crippen LogP contribution is -2.00. The van der Waals surface area contributed by atoms with E-state index in [-0.39, 0.29) is 5.97 Å². The molecule has 0 radical (unpaired) electrons. The predicted octanol–water partition coefficient (Wildman–Crippen LogP) is 5.48. The van der Waals surface area contributed by atoms with Gasteiger partial charge in [-0.1, -0.05) is 42.5 Å². The second-order valence-electron chi connectivity index (χ2n) is 6.04. The van der Waals surface area contributed by atoms with Crippen LogP contribution < -0.4 is 4.74 Å². The summed E-state index contributed by atoms with van der Waals surface area (Å²) in [4.78, 5) is 16.3. The Labute approximate surface area is 157 Å². The molecule has 0 N–H and O–H groups in total. The summed E-state index contributed by atoms with van der Waals surface area (Å²) in [5.74, 6) is 0.948. The van der Waals surface area contributed by atoms with Crippen LogP contribution in [0.2, 0.25) is 0 Å². The van der Waals surface area contributed by atoms with Crippen molar-refractivity contribution in [3.8, 4) is 22.9 Å². The molecule has 0 atom stereocenters. The average molecular weight is 355 g/mol. The summed E-state index contributed by atoms with van der Waals surface area (Å²) in [5, 5.41) is 2.00. The molecule has 0 aliphatic carbocycles. The van der Waals surface area contributed by atoms with Gasteiger partial charge in [0, 0.05) is 11.6 Å². The van der Waals surface area contributed by atoms with Crippen molar-refractivity contribution in [3.05, 3.63) is 90.5 Å². The second-order valence-corrected chi connectivity index (χ2v) is 6.04. The summed E-state index contributed by atoms with van der Waals surface area (Å²) in [6, 6.07) is 26.8. The standard InChI is InChI=1S/C23H17NO3/c1-26-23(25)19-13-11-16-14-18(12-10-17(16)15-19)21-8-5-9-22(24-21)27-20-6-3-2-4-7-20/h2-15H,1H3. The number of hydrogen-bond donors (Lipinski definition) is 0. The maximum atomic E-state index is 11.7. The van der Waals surface area contributed by atoms with Gasteiger partial charge in [-0.25, -0.2) is 9.78 Å². The molecule has 1 aromatic heterocycles. The molecular weight excluding hydrogens is 338 g/mol. The van der Waals surface area contributed by atoms with Crippen LogP contribution in [0.5, 0.6) is 11.6 Å². The number of para-hydroxylation sites is 1. The van der Waals surface area contributed by atoms with Crippen molar-refractivity contribution >= 4 is 16.7 Å². The Balaban J connectivity index is 1.66. The number of carbonyl (C=O) groups excluding carboxylic acids is 1. The van der Waals surface area contributed by atoms with Gasteiger partial charge in [-0.2, -0.15) is 0 Å². The largest absolute Gasteiger partial charge is 0.465 e. The van der Waals surface area contributed by atoms with E-state index in [1.165, 1.54) is 7.11 Å². The number of ether oxygens (including phenoxy) is 2. The van der Waals surface area contributed by atoms with Gasteiger partial charge >= 0.3 is 5.97 Å². The maximum Gasteiger partial charge on any atom is 0.337 e. The van der Waals surface area contributed by atoms with E-state index in [4.69, 9.17) is 9.47 Å². The molecule has 4 aromatic rings. The number of benzene rings is 3. The highest BCUT2D eigenvalue weighted by atomic mass is 16.5. The van der Waals surface area contributed by atoms with Crippen LogP contribution >= 0.6 is 0 Å². The van der Waals surface area contributed by atoms with E-state index in [2.05, 4.69) is 4.98 Å². The third-order valence-corrected chi connectivity index (χ3v) is 4.25. The third-order valence-electron chi connectivity index (χ3n) is 4.25. The van der Waals surface area contributed by atoms with Crippen molar-refractivity contribution in [2.24, 2.45) is 0 Å². The Bertz CT molecular complexity index is 1110. The van der Waals surface area contributed by atoms with Gasteiger partial charge in [0.25, 0.3) is 0 Å². The van der Waals surface area contributed by atoms with Crippen LogP contribution in [0.1, 0.15) is 10.4 Å². The highest BCUT2D eigenvalue weighted by molar-refractivity contribution is 5.96. The Morgan fingerprint density at radius 3 is 2.41 bits per heavy atom. The number of rotatable bonds is 4. The van der Waals surface area contributed by atoms with Crippen LogP contribution in [0.15, 0.2) is 84.9 Å². The first kappa shape index (κ1) is 16.8. The monoisotopic (exact) mass is 355 g/mol. The van der Waals surface area contributed by atoms with E-state index in [0.717, 1.165) is 27.8 Å². The van der Waals surface area contributed by atoms with Gasteiger partial charge in [0.1, 0.15) is 5.75 Å². The number of nitrogens with zero attached hydrogens (tertiary/aromatic N) is 1. The minimum atomic E-state index is -0.339. The number of pyridine rings is 1. The lowest BCUT2D eigenvalue weighted by atomic mass is 10.0. The summed E-state index contributed by atoms with van der Waals surface area (Å²) in [6.07, 6.45) is 0. The van der Waals surface area contributed by atoms with Crippen molar-refractivity contribution in [3.63, 3.8) is 0 Å². The Morgan fingerprint density at radius 2 is 1.59 bits per heavy atom. The molecule has 1 heterocycles. The van der Waals surface area contributed by atoms with Crippen molar-refractivity contribution in [2.45, 2.75) is 0 Å². The lowest BCUT2D eigenvalue weighted by molar-refractivity contribution is 0.0601. The van der Waals surface area contributed by atoms with Gasteiger partial charge in [0.2, 0.25) is 5.88 Å². The quantitative estimate of drug-likeness (QED) is 0.455. The molecule has 132 valence electrons. The van der Waals surface area contributed by atoms with Crippen molar-refractivity contribution in [2.75, 3.05) is 7.11 Å². The van der Waals surface area contributed by atoms with Gasteiger partial charge < -0.3 is 9.47 Å². The molecule has 0 aliphatic rings. The summed E-state index contributed by atoms with van der Waals surface area (Å²) in [7, 11) is 1.38. The third kappa shape index (κ3) is 3.65. The van der Waals surface area contributed by atoms with Crippen LogP contribution in [-0.4, -0.2) is 18.1 Å². The predicted molar refractivity (Wildman–Crippen MR) is 105 cm³/mol. The lowest BCUT2D eigenvalue weighted by Gasteiger charge is -2.08. The van der Waals surface area contributed by atoms with Crippen LogP contribution in [0.4, 0.5) is 0 Å². The molecule has 3 aromatic carbocycles. The normalized spacial score (nSPS) is 10.6. The van der Waals surface area contributed by atoms with E-state index < -0.39 is 0 Å². The van der Waals surface area contributed by atoms with Crippen LogP contribution in [0.25, 0.3) is 22.0 Å². The molecule has 0 saturated heterocycles. The summed E-state index contributed by atoms with van der Waals surface area (Å²) >= 11 is 0. The topological polar surface area (TPSA) is 48.4 Å². The zero-order valence-electron chi connectivity index (χ0n) is 14.8. The highest BCUT2D eigenvalue weighted by Gasteiger charge is 2.08. The average Bonchev–Trinajstić information content (AvgIpc) is 2.73. The SMILES string of the molecule is COC(=O)c1ccc2cc(-c3cccc(Oc4ccccc4)n3)ccc2c1. The Morgan fingerprint density at radius 1 is 0.815 bits per heavy atom.